The third-order valence-corrected chi connectivity index (χ3v) is 2.81. The lowest BCUT2D eigenvalue weighted by Crippen LogP contribution is -2.10. The molecular weight excluding hydrogens is 212 g/mol. The van der Waals surface area contributed by atoms with E-state index in [1.165, 1.54) is 0 Å². The van der Waals surface area contributed by atoms with E-state index in [0.717, 1.165) is 6.42 Å². The summed E-state index contributed by atoms with van der Waals surface area (Å²) in [4.78, 5) is 11.9. The number of benzene rings is 1. The molecule has 0 bridgehead atoms. The number of hydrogen-bond acceptors (Lipinski definition) is 2. The largest absolute Gasteiger partial charge is 0.495 e. The quantitative estimate of drug-likeness (QED) is 0.734. The van der Waals surface area contributed by atoms with Gasteiger partial charge in [-0.1, -0.05) is 25.4 Å². The second-order valence-electron chi connectivity index (χ2n) is 3.52. The zero-order chi connectivity index (χ0) is 11.4. The molecule has 1 rings (SSSR count). The Morgan fingerprint density at radius 3 is 2.73 bits per heavy atom. The lowest BCUT2D eigenvalue weighted by atomic mass is 9.97. The molecule has 0 saturated carbocycles. The van der Waals surface area contributed by atoms with Crippen molar-refractivity contribution in [3.05, 3.63) is 28.8 Å². The van der Waals surface area contributed by atoms with E-state index in [1.54, 1.807) is 25.3 Å². The van der Waals surface area contributed by atoms with E-state index >= 15 is 0 Å². The second kappa shape index (κ2) is 5.17. The lowest BCUT2D eigenvalue weighted by molar-refractivity contribution is 0.0927. The molecule has 0 radical (unpaired) electrons. The molecule has 0 fully saturated rings. The van der Waals surface area contributed by atoms with E-state index in [0.29, 0.717) is 16.3 Å². The van der Waals surface area contributed by atoms with Crippen LogP contribution < -0.4 is 4.74 Å². The number of carbonyl (C=O) groups excluding carboxylic acids is 1. The zero-order valence-electron chi connectivity index (χ0n) is 9.21. The Kier molecular flexibility index (Phi) is 4.15. The van der Waals surface area contributed by atoms with Gasteiger partial charge in [0.05, 0.1) is 12.1 Å². The number of Topliss-reactive ketones (excluding diaryl/α,β-unsaturated/α-hetero) is 1. The molecule has 0 N–H and O–H groups in total. The summed E-state index contributed by atoms with van der Waals surface area (Å²) in [5.41, 5.74) is 0.658. The van der Waals surface area contributed by atoms with Crippen LogP contribution in [0.25, 0.3) is 0 Å². The Labute approximate surface area is 95.2 Å². The van der Waals surface area contributed by atoms with Crippen LogP contribution in [-0.2, 0) is 0 Å². The highest BCUT2D eigenvalue weighted by Gasteiger charge is 2.14. The summed E-state index contributed by atoms with van der Waals surface area (Å²) in [7, 11) is 1.54. The number of ether oxygens (including phenoxy) is 1. The standard InChI is InChI=1S/C12H15ClO2/c1-4-8(2)12(14)9-5-6-10(13)11(7-9)15-3/h5-8H,4H2,1-3H3. The van der Waals surface area contributed by atoms with Gasteiger partial charge >= 0.3 is 0 Å². The van der Waals surface area contributed by atoms with Gasteiger partial charge in [0.2, 0.25) is 0 Å². The van der Waals surface area contributed by atoms with Crippen LogP contribution in [0.3, 0.4) is 0 Å². The van der Waals surface area contributed by atoms with Crippen LogP contribution in [0.4, 0.5) is 0 Å². The summed E-state index contributed by atoms with van der Waals surface area (Å²) < 4.78 is 5.07. The van der Waals surface area contributed by atoms with Crippen LogP contribution in [0.15, 0.2) is 18.2 Å². The van der Waals surface area contributed by atoms with Crippen molar-refractivity contribution in [2.75, 3.05) is 7.11 Å². The van der Waals surface area contributed by atoms with Gasteiger partial charge in [-0.05, 0) is 24.6 Å². The molecule has 3 heteroatoms. The average Bonchev–Trinajstić information content (AvgIpc) is 2.27. The summed E-state index contributed by atoms with van der Waals surface area (Å²) in [6.45, 7) is 3.92. The molecule has 0 aromatic heterocycles. The third kappa shape index (κ3) is 2.72. The Morgan fingerprint density at radius 1 is 1.53 bits per heavy atom. The normalized spacial score (nSPS) is 12.3. The number of rotatable bonds is 4. The average molecular weight is 227 g/mol. The molecule has 0 amide bonds. The highest BCUT2D eigenvalue weighted by atomic mass is 35.5. The van der Waals surface area contributed by atoms with Crippen molar-refractivity contribution in [2.45, 2.75) is 20.3 Å². The molecule has 0 heterocycles. The van der Waals surface area contributed by atoms with Gasteiger partial charge < -0.3 is 4.74 Å². The maximum Gasteiger partial charge on any atom is 0.165 e. The van der Waals surface area contributed by atoms with E-state index in [4.69, 9.17) is 16.3 Å². The summed E-state index contributed by atoms with van der Waals surface area (Å²) in [6, 6.07) is 5.12. The van der Waals surface area contributed by atoms with Crippen molar-refractivity contribution >= 4 is 17.4 Å². The van der Waals surface area contributed by atoms with Crippen LogP contribution in [-0.4, -0.2) is 12.9 Å². The topological polar surface area (TPSA) is 26.3 Å². The fourth-order valence-electron chi connectivity index (χ4n) is 1.28. The van der Waals surface area contributed by atoms with E-state index in [1.807, 2.05) is 13.8 Å². The predicted molar refractivity (Wildman–Crippen MR) is 61.8 cm³/mol. The molecular formula is C12H15ClO2. The number of methoxy groups -OCH3 is 1. The van der Waals surface area contributed by atoms with Gasteiger partial charge in [0.25, 0.3) is 0 Å². The molecule has 1 unspecified atom stereocenters. The summed E-state index contributed by atoms with van der Waals surface area (Å²) in [6.07, 6.45) is 0.837. The SMILES string of the molecule is CCC(C)C(=O)c1ccc(Cl)c(OC)c1. The molecule has 0 saturated heterocycles. The van der Waals surface area contributed by atoms with Gasteiger partial charge in [-0.15, -0.1) is 0 Å². The van der Waals surface area contributed by atoms with Crippen LogP contribution in [0, 0.1) is 5.92 Å². The van der Waals surface area contributed by atoms with Gasteiger partial charge in [-0.3, -0.25) is 4.79 Å². The minimum absolute atomic E-state index is 0.0379. The maximum atomic E-state index is 11.9. The highest BCUT2D eigenvalue weighted by Crippen LogP contribution is 2.26. The molecule has 15 heavy (non-hydrogen) atoms. The highest BCUT2D eigenvalue weighted by molar-refractivity contribution is 6.32. The molecule has 0 aliphatic carbocycles. The van der Waals surface area contributed by atoms with Gasteiger partial charge in [-0.25, -0.2) is 0 Å². The van der Waals surface area contributed by atoms with Crippen molar-refractivity contribution in [1.82, 2.24) is 0 Å². The number of hydrogen-bond donors (Lipinski definition) is 0. The summed E-state index contributed by atoms with van der Waals surface area (Å²) in [5, 5.41) is 0.526. The van der Waals surface area contributed by atoms with Crippen LogP contribution >= 0.6 is 11.6 Å². The maximum absolute atomic E-state index is 11.9. The van der Waals surface area contributed by atoms with Crippen LogP contribution in [0.2, 0.25) is 5.02 Å². The summed E-state index contributed by atoms with van der Waals surface area (Å²) in [5.74, 6) is 0.717. The van der Waals surface area contributed by atoms with E-state index in [9.17, 15) is 4.79 Å². The third-order valence-electron chi connectivity index (χ3n) is 2.50. The van der Waals surface area contributed by atoms with Gasteiger partial charge in [-0.2, -0.15) is 0 Å². The lowest BCUT2D eigenvalue weighted by Gasteiger charge is -2.09. The smallest absolute Gasteiger partial charge is 0.165 e. The van der Waals surface area contributed by atoms with Gasteiger partial charge in [0.1, 0.15) is 5.75 Å². The first-order chi connectivity index (χ1) is 7.10. The van der Waals surface area contributed by atoms with Gasteiger partial charge in [0.15, 0.2) is 5.78 Å². The summed E-state index contributed by atoms with van der Waals surface area (Å²) >= 11 is 5.88. The molecule has 1 aromatic rings. The molecule has 1 atom stereocenters. The van der Waals surface area contributed by atoms with Crippen molar-refractivity contribution in [2.24, 2.45) is 5.92 Å². The second-order valence-corrected chi connectivity index (χ2v) is 3.93. The minimum atomic E-state index is 0.0379. The molecule has 2 nitrogen and oxygen atoms in total. The number of carbonyl (C=O) groups is 1. The Morgan fingerprint density at radius 2 is 2.20 bits per heavy atom. The molecule has 0 spiro atoms. The number of ketones is 1. The predicted octanol–water partition coefficient (Wildman–Crippen LogP) is 3.58. The minimum Gasteiger partial charge on any atom is -0.495 e. The van der Waals surface area contributed by atoms with E-state index in [2.05, 4.69) is 0 Å². The molecule has 1 aromatic carbocycles. The molecule has 0 aliphatic rings. The first-order valence-corrected chi connectivity index (χ1v) is 5.35. The molecule has 0 aliphatic heterocycles. The monoisotopic (exact) mass is 226 g/mol. The van der Waals surface area contributed by atoms with E-state index < -0.39 is 0 Å². The Bertz CT molecular complexity index is 361. The van der Waals surface area contributed by atoms with Crippen molar-refractivity contribution in [3.63, 3.8) is 0 Å². The first kappa shape index (κ1) is 12.1. The Hall–Kier alpha value is -1.02. The van der Waals surface area contributed by atoms with E-state index in [-0.39, 0.29) is 11.7 Å². The fraction of sp³-hybridized carbons (Fsp3) is 0.417. The van der Waals surface area contributed by atoms with Gasteiger partial charge in [0, 0.05) is 11.5 Å². The first-order valence-electron chi connectivity index (χ1n) is 4.97. The van der Waals surface area contributed by atoms with Crippen LogP contribution in [0.1, 0.15) is 30.6 Å². The van der Waals surface area contributed by atoms with Crippen molar-refractivity contribution in [3.8, 4) is 5.75 Å². The zero-order valence-corrected chi connectivity index (χ0v) is 9.97. The number of halogens is 1. The molecule has 82 valence electrons. The van der Waals surface area contributed by atoms with Crippen molar-refractivity contribution in [1.29, 1.82) is 0 Å². The van der Waals surface area contributed by atoms with Crippen molar-refractivity contribution < 1.29 is 9.53 Å². The van der Waals surface area contributed by atoms with Crippen LogP contribution in [0.5, 0.6) is 5.75 Å². The fourth-order valence-corrected chi connectivity index (χ4v) is 1.48. The Balaban J connectivity index is 3.01.